The number of fused-ring (bicyclic) bond motifs is 1. The number of hydrogen-bond donors (Lipinski definition) is 0. The topological polar surface area (TPSA) is 39.2 Å². The van der Waals surface area contributed by atoms with Crippen LogP contribution in [0.25, 0.3) is 0 Å². The van der Waals surface area contributed by atoms with Crippen LogP contribution in [0.15, 0.2) is 41.4 Å². The SMILES string of the molecule is C#COC(=O)c1ccc(C#Cc2ccc3c(c2)C(C)(C)CCS3)nc1.[HH]. The summed E-state index contributed by atoms with van der Waals surface area (Å²) in [6, 6.07) is 9.64. The van der Waals surface area contributed by atoms with Crippen LogP contribution in [0.3, 0.4) is 0 Å². The van der Waals surface area contributed by atoms with Gasteiger partial charge in [0.2, 0.25) is 0 Å². The van der Waals surface area contributed by atoms with E-state index in [0.29, 0.717) is 11.3 Å². The summed E-state index contributed by atoms with van der Waals surface area (Å²) in [5.74, 6) is 6.75. The van der Waals surface area contributed by atoms with Gasteiger partial charge in [0.05, 0.1) is 5.56 Å². The fraction of sp³-hybridized carbons (Fsp3) is 0.238. The van der Waals surface area contributed by atoms with Crippen LogP contribution in [0.4, 0.5) is 0 Å². The fourth-order valence-electron chi connectivity index (χ4n) is 2.65. The smallest absolute Gasteiger partial charge is 0.353 e. The van der Waals surface area contributed by atoms with Gasteiger partial charge < -0.3 is 4.74 Å². The first-order valence-electron chi connectivity index (χ1n) is 7.92. The van der Waals surface area contributed by atoms with E-state index in [2.05, 4.69) is 47.5 Å². The van der Waals surface area contributed by atoms with E-state index < -0.39 is 5.97 Å². The first-order chi connectivity index (χ1) is 12.0. The van der Waals surface area contributed by atoms with E-state index in [1.54, 1.807) is 12.1 Å². The minimum absolute atomic E-state index is 0. The zero-order valence-electron chi connectivity index (χ0n) is 14.1. The number of thioether (sulfide) groups is 1. The maximum atomic E-state index is 11.5. The number of aromatic nitrogens is 1. The summed E-state index contributed by atoms with van der Waals surface area (Å²) in [5.41, 5.74) is 3.39. The Morgan fingerprint density at radius 3 is 2.88 bits per heavy atom. The van der Waals surface area contributed by atoms with E-state index in [4.69, 9.17) is 6.42 Å². The minimum atomic E-state index is -0.594. The normalized spacial score (nSPS) is 14.4. The number of nitrogens with zero attached hydrogens (tertiary/aromatic N) is 1. The van der Waals surface area contributed by atoms with Crippen molar-refractivity contribution in [3.63, 3.8) is 0 Å². The monoisotopic (exact) mass is 349 g/mol. The highest BCUT2D eigenvalue weighted by atomic mass is 32.2. The van der Waals surface area contributed by atoms with Gasteiger partial charge in [-0.2, -0.15) is 0 Å². The van der Waals surface area contributed by atoms with Gasteiger partial charge in [0, 0.05) is 18.1 Å². The van der Waals surface area contributed by atoms with Gasteiger partial charge in [0.1, 0.15) is 11.8 Å². The van der Waals surface area contributed by atoms with Crippen LogP contribution >= 0.6 is 11.8 Å². The van der Waals surface area contributed by atoms with Crippen molar-refractivity contribution in [1.82, 2.24) is 4.98 Å². The van der Waals surface area contributed by atoms with E-state index >= 15 is 0 Å². The largest absolute Gasteiger partial charge is 0.369 e. The van der Waals surface area contributed by atoms with E-state index in [0.717, 1.165) is 11.3 Å². The molecule has 3 nitrogen and oxygen atoms in total. The summed E-state index contributed by atoms with van der Waals surface area (Å²) in [5, 5.41) is 0. The molecule has 25 heavy (non-hydrogen) atoms. The van der Waals surface area contributed by atoms with Crippen molar-refractivity contribution in [3.05, 3.63) is 58.9 Å². The molecule has 0 aliphatic carbocycles. The number of rotatable bonds is 1. The van der Waals surface area contributed by atoms with E-state index in [-0.39, 0.29) is 6.84 Å². The molecule has 0 saturated carbocycles. The maximum absolute atomic E-state index is 11.5. The van der Waals surface area contributed by atoms with Gasteiger partial charge in [0.15, 0.2) is 0 Å². The Kier molecular flexibility index (Phi) is 4.83. The Hall–Kier alpha value is -2.69. The molecule has 1 aromatic carbocycles. The lowest BCUT2D eigenvalue weighted by molar-refractivity contribution is 0.0690. The van der Waals surface area contributed by atoms with Gasteiger partial charge in [-0.15, -0.1) is 11.8 Å². The van der Waals surface area contributed by atoms with Gasteiger partial charge in [-0.05, 0) is 59.4 Å². The molecule has 1 aromatic heterocycles. The second-order valence-corrected chi connectivity index (χ2v) is 7.52. The zero-order valence-corrected chi connectivity index (χ0v) is 14.9. The van der Waals surface area contributed by atoms with Crippen LogP contribution < -0.4 is 0 Å². The highest BCUT2D eigenvalue weighted by Gasteiger charge is 2.27. The molecule has 126 valence electrons. The Balaban J connectivity index is 0.00000243. The number of benzene rings is 1. The van der Waals surface area contributed by atoms with Crippen molar-refractivity contribution >= 4 is 17.7 Å². The van der Waals surface area contributed by atoms with Crippen LogP contribution in [0, 0.1) is 24.4 Å². The van der Waals surface area contributed by atoms with Crippen LogP contribution in [0.1, 0.15) is 48.9 Å². The van der Waals surface area contributed by atoms with Crippen molar-refractivity contribution in [2.75, 3.05) is 5.75 Å². The third-order valence-corrected chi connectivity index (χ3v) is 5.25. The van der Waals surface area contributed by atoms with Crippen molar-refractivity contribution < 1.29 is 11.0 Å². The molecule has 4 heteroatoms. The number of hydrogen-bond acceptors (Lipinski definition) is 4. The zero-order chi connectivity index (χ0) is 17.9. The Bertz CT molecular complexity index is 918. The first-order valence-corrected chi connectivity index (χ1v) is 8.90. The van der Waals surface area contributed by atoms with Gasteiger partial charge >= 0.3 is 5.97 Å². The molecule has 0 bridgehead atoms. The molecule has 0 fully saturated rings. The molecule has 0 amide bonds. The Morgan fingerprint density at radius 1 is 1.32 bits per heavy atom. The molecular weight excluding hydrogens is 330 g/mol. The van der Waals surface area contributed by atoms with Gasteiger partial charge in [-0.3, -0.25) is 0 Å². The number of ether oxygens (including phenoxy) is 1. The summed E-state index contributed by atoms with van der Waals surface area (Å²) in [6.07, 6.45) is 9.37. The summed E-state index contributed by atoms with van der Waals surface area (Å²) in [7, 11) is 0. The predicted octanol–water partition coefficient (Wildman–Crippen LogP) is 4.25. The molecule has 1 aliphatic heterocycles. The average molecular weight is 349 g/mol. The lowest BCUT2D eigenvalue weighted by Gasteiger charge is -2.32. The standard InChI is InChI=1S/C21H17NO2S.H2/c1-4-24-20(23)16-7-9-17(22-14-16)8-5-15-6-10-19-18(13-15)21(2,3)11-12-25-19;/h1,6-7,9-10,13-14H,11-12H2,2-3H3;1H. The molecule has 2 heterocycles. The number of carbonyl (C=O) groups excluding carboxylic acids is 1. The predicted molar refractivity (Wildman–Crippen MR) is 101 cm³/mol. The molecule has 0 saturated heterocycles. The molecule has 2 aromatic rings. The molecule has 0 radical (unpaired) electrons. The number of pyridine rings is 1. The second kappa shape index (κ2) is 7.05. The highest BCUT2D eigenvalue weighted by Crippen LogP contribution is 2.41. The van der Waals surface area contributed by atoms with Crippen LogP contribution in [0.2, 0.25) is 0 Å². The van der Waals surface area contributed by atoms with Gasteiger partial charge in [-0.25, -0.2) is 9.78 Å². The van der Waals surface area contributed by atoms with E-state index in [9.17, 15) is 4.79 Å². The van der Waals surface area contributed by atoms with E-state index in [1.807, 2.05) is 23.9 Å². The van der Waals surface area contributed by atoms with Gasteiger partial charge in [0.25, 0.3) is 0 Å². The van der Waals surface area contributed by atoms with Crippen molar-refractivity contribution in [2.45, 2.75) is 30.6 Å². The van der Waals surface area contributed by atoms with Crippen molar-refractivity contribution in [1.29, 1.82) is 0 Å². The molecule has 1 aliphatic rings. The lowest BCUT2D eigenvalue weighted by Crippen LogP contribution is -2.22. The second-order valence-electron chi connectivity index (χ2n) is 6.38. The molecule has 0 atom stereocenters. The molecular formula is C21H19NO2S. The van der Waals surface area contributed by atoms with Crippen molar-refractivity contribution in [2.24, 2.45) is 0 Å². The summed E-state index contributed by atoms with van der Waals surface area (Å²) >= 11 is 1.90. The van der Waals surface area contributed by atoms with E-state index in [1.165, 1.54) is 23.1 Å². The quantitative estimate of drug-likeness (QED) is 0.570. The number of terminal acetylenes is 1. The summed E-state index contributed by atoms with van der Waals surface area (Å²) in [4.78, 5) is 17.0. The maximum Gasteiger partial charge on any atom is 0.353 e. The molecule has 0 spiro atoms. The average Bonchev–Trinajstić information content (AvgIpc) is 2.61. The van der Waals surface area contributed by atoms with Crippen LogP contribution in [0.5, 0.6) is 0 Å². The minimum Gasteiger partial charge on any atom is -0.369 e. The highest BCUT2D eigenvalue weighted by molar-refractivity contribution is 7.99. The van der Waals surface area contributed by atoms with Crippen LogP contribution in [-0.4, -0.2) is 16.7 Å². The Labute approximate surface area is 153 Å². The lowest BCUT2D eigenvalue weighted by atomic mass is 9.81. The molecule has 0 unspecified atom stereocenters. The van der Waals surface area contributed by atoms with Gasteiger partial charge in [-0.1, -0.05) is 26.2 Å². The Morgan fingerprint density at radius 2 is 2.16 bits per heavy atom. The summed E-state index contributed by atoms with van der Waals surface area (Å²) < 4.78 is 4.48. The fourth-order valence-corrected chi connectivity index (χ4v) is 4.14. The molecule has 3 rings (SSSR count). The summed E-state index contributed by atoms with van der Waals surface area (Å²) in [6.45, 7) is 4.55. The first kappa shape index (κ1) is 17.1. The number of esters is 1. The third-order valence-electron chi connectivity index (χ3n) is 4.18. The van der Waals surface area contributed by atoms with Crippen molar-refractivity contribution in [3.8, 4) is 24.4 Å². The van der Waals surface area contributed by atoms with Crippen LogP contribution in [-0.2, 0) is 10.2 Å². The number of carbonyl (C=O) groups is 1. The third kappa shape index (κ3) is 3.87. The molecule has 0 N–H and O–H groups in total.